The van der Waals surface area contributed by atoms with Crippen molar-refractivity contribution in [1.29, 1.82) is 0 Å². The zero-order valence-electron chi connectivity index (χ0n) is 22.1. The van der Waals surface area contributed by atoms with Crippen molar-refractivity contribution in [3.63, 3.8) is 0 Å². The van der Waals surface area contributed by atoms with Crippen molar-refractivity contribution in [3.8, 4) is 11.1 Å². The zero-order valence-corrected chi connectivity index (χ0v) is 22.1. The van der Waals surface area contributed by atoms with Crippen molar-refractivity contribution in [2.45, 2.75) is 96.1 Å². The number of benzene rings is 2. The van der Waals surface area contributed by atoms with E-state index in [4.69, 9.17) is 0 Å². The second-order valence-electron chi connectivity index (χ2n) is 11.4. The van der Waals surface area contributed by atoms with E-state index in [0.717, 1.165) is 42.7 Å². The molecule has 0 heterocycles. The smallest absolute Gasteiger partial charge is 0.206 e. The zero-order chi connectivity index (χ0) is 27.3. The minimum Gasteiger partial charge on any atom is -0.206 e. The molecule has 2 fully saturated rings. The van der Waals surface area contributed by atoms with Gasteiger partial charge in [-0.15, -0.1) is 0 Å². The first-order valence-electron chi connectivity index (χ1n) is 14.2. The summed E-state index contributed by atoms with van der Waals surface area (Å²) in [6.45, 7) is 2.26. The van der Waals surface area contributed by atoms with Crippen LogP contribution in [-0.4, -0.2) is 6.18 Å². The average Bonchev–Trinajstić information content (AvgIpc) is 2.88. The van der Waals surface area contributed by atoms with Crippen LogP contribution < -0.4 is 0 Å². The Morgan fingerprint density at radius 3 is 1.87 bits per heavy atom. The molecule has 6 heteroatoms. The van der Waals surface area contributed by atoms with Crippen LogP contribution in [0.15, 0.2) is 42.5 Å². The van der Waals surface area contributed by atoms with E-state index in [9.17, 15) is 26.3 Å². The van der Waals surface area contributed by atoms with Crippen LogP contribution >= 0.6 is 0 Å². The van der Waals surface area contributed by atoms with E-state index in [1.807, 2.05) is 12.1 Å². The second-order valence-corrected chi connectivity index (χ2v) is 11.4. The van der Waals surface area contributed by atoms with Crippen LogP contribution in [0.2, 0.25) is 0 Å². The van der Waals surface area contributed by atoms with E-state index in [0.29, 0.717) is 11.5 Å². The minimum atomic E-state index is -5.01. The number of unbranched alkanes of at least 4 members (excludes halogenated alkanes) is 2. The molecule has 2 aromatic rings. The van der Waals surface area contributed by atoms with Gasteiger partial charge in [0.1, 0.15) is 17.5 Å². The SMILES string of the molecule is CCCCCC1CCC(C2CCC(c3ccc(-c4cc(F)c(C(F)=CC(F)(F)F)c(F)c4)cc3)CC2)CC1. The molecule has 0 radical (unpaired) electrons. The highest BCUT2D eigenvalue weighted by atomic mass is 19.4. The molecule has 0 nitrogen and oxygen atoms in total. The Bertz CT molecular complexity index is 1050. The normalized spacial score (nSPS) is 25.0. The maximum Gasteiger partial charge on any atom is 0.412 e. The number of allylic oxidation sites excluding steroid dienone is 1. The van der Waals surface area contributed by atoms with Crippen LogP contribution in [0, 0.1) is 29.4 Å². The van der Waals surface area contributed by atoms with Gasteiger partial charge in [0.2, 0.25) is 0 Å². The van der Waals surface area contributed by atoms with Crippen molar-refractivity contribution in [2.75, 3.05) is 0 Å². The van der Waals surface area contributed by atoms with E-state index >= 15 is 0 Å². The van der Waals surface area contributed by atoms with E-state index in [-0.39, 0.29) is 5.56 Å². The van der Waals surface area contributed by atoms with Crippen LogP contribution in [0.4, 0.5) is 26.3 Å². The standard InChI is InChI=1S/C32H38F6/c1-2-3-4-5-21-6-8-22(9-7-21)23-10-12-24(13-11-23)25-14-16-26(17-15-25)27-18-28(33)31(29(34)19-27)30(35)20-32(36,37)38/h14-24H,2-13H2,1H3. The van der Waals surface area contributed by atoms with Gasteiger partial charge in [-0.2, -0.15) is 13.2 Å². The lowest BCUT2D eigenvalue weighted by molar-refractivity contribution is -0.0798. The Kier molecular flexibility index (Phi) is 9.64. The highest BCUT2D eigenvalue weighted by molar-refractivity contribution is 5.69. The Labute approximate surface area is 222 Å². The van der Waals surface area contributed by atoms with Crippen LogP contribution in [0.5, 0.6) is 0 Å². The third kappa shape index (κ3) is 7.45. The first-order valence-corrected chi connectivity index (χ1v) is 14.2. The van der Waals surface area contributed by atoms with Gasteiger partial charge in [-0.05, 0) is 91.0 Å². The predicted molar refractivity (Wildman–Crippen MR) is 141 cm³/mol. The summed E-state index contributed by atoms with van der Waals surface area (Å²) in [5.74, 6) is -1.64. The lowest BCUT2D eigenvalue weighted by Crippen LogP contribution is -2.25. The summed E-state index contributed by atoms with van der Waals surface area (Å²) in [7, 11) is 0. The van der Waals surface area contributed by atoms with E-state index in [2.05, 4.69) is 6.92 Å². The first kappa shape index (κ1) is 28.8. The third-order valence-corrected chi connectivity index (χ3v) is 8.83. The fourth-order valence-electron chi connectivity index (χ4n) is 6.69. The number of halogens is 6. The molecular weight excluding hydrogens is 498 g/mol. The second kappa shape index (κ2) is 12.7. The number of alkyl halides is 3. The molecule has 0 amide bonds. The van der Waals surface area contributed by atoms with Crippen LogP contribution in [0.3, 0.4) is 0 Å². The molecule has 208 valence electrons. The van der Waals surface area contributed by atoms with E-state index in [1.165, 1.54) is 69.8 Å². The summed E-state index contributed by atoms with van der Waals surface area (Å²) in [6.07, 6.45) is 9.98. The minimum absolute atomic E-state index is 0.157. The molecule has 0 unspecified atom stereocenters. The fraction of sp³-hybridized carbons (Fsp3) is 0.562. The molecule has 0 atom stereocenters. The highest BCUT2D eigenvalue weighted by Crippen LogP contribution is 2.45. The van der Waals surface area contributed by atoms with Gasteiger partial charge >= 0.3 is 6.18 Å². The summed E-state index contributed by atoms with van der Waals surface area (Å²) >= 11 is 0. The Morgan fingerprint density at radius 2 is 1.34 bits per heavy atom. The van der Waals surface area contributed by atoms with Crippen molar-refractivity contribution >= 4 is 5.83 Å². The monoisotopic (exact) mass is 536 g/mol. The molecule has 0 spiro atoms. The predicted octanol–water partition coefficient (Wildman–Crippen LogP) is 11.2. The summed E-state index contributed by atoms with van der Waals surface area (Å²) in [5.41, 5.74) is 0.583. The van der Waals surface area contributed by atoms with E-state index < -0.39 is 35.3 Å². The lowest BCUT2D eigenvalue weighted by Gasteiger charge is -2.38. The first-order chi connectivity index (χ1) is 18.1. The topological polar surface area (TPSA) is 0 Å². The van der Waals surface area contributed by atoms with Crippen molar-refractivity contribution in [1.82, 2.24) is 0 Å². The van der Waals surface area contributed by atoms with Gasteiger partial charge in [0.15, 0.2) is 0 Å². The number of hydrogen-bond acceptors (Lipinski definition) is 0. The van der Waals surface area contributed by atoms with E-state index in [1.54, 1.807) is 12.1 Å². The summed E-state index contributed by atoms with van der Waals surface area (Å²) in [5, 5.41) is 0. The number of hydrogen-bond donors (Lipinski definition) is 0. The van der Waals surface area contributed by atoms with Gasteiger partial charge in [-0.1, -0.05) is 69.7 Å². The molecule has 2 saturated carbocycles. The van der Waals surface area contributed by atoms with Crippen molar-refractivity contribution < 1.29 is 26.3 Å². The maximum atomic E-state index is 14.4. The summed E-state index contributed by atoms with van der Waals surface area (Å²) in [4.78, 5) is 0. The Balaban J connectivity index is 1.33. The molecule has 2 aliphatic rings. The lowest BCUT2D eigenvalue weighted by atomic mass is 9.68. The van der Waals surface area contributed by atoms with Crippen LogP contribution in [0.1, 0.15) is 101 Å². The molecule has 0 saturated heterocycles. The molecule has 0 aliphatic heterocycles. The molecule has 2 aromatic carbocycles. The fourth-order valence-corrected chi connectivity index (χ4v) is 6.69. The maximum absolute atomic E-state index is 14.4. The molecule has 0 aromatic heterocycles. The Morgan fingerprint density at radius 1 is 0.789 bits per heavy atom. The molecular formula is C32H38F6. The van der Waals surface area contributed by atoms with Crippen molar-refractivity contribution in [3.05, 3.63) is 65.2 Å². The van der Waals surface area contributed by atoms with Gasteiger partial charge in [-0.25, -0.2) is 13.2 Å². The average molecular weight is 537 g/mol. The van der Waals surface area contributed by atoms with Gasteiger partial charge in [-0.3, -0.25) is 0 Å². The molecule has 4 rings (SSSR count). The van der Waals surface area contributed by atoms with Gasteiger partial charge in [0.25, 0.3) is 0 Å². The van der Waals surface area contributed by atoms with Crippen LogP contribution in [-0.2, 0) is 0 Å². The quantitative estimate of drug-likeness (QED) is 0.232. The summed E-state index contributed by atoms with van der Waals surface area (Å²) < 4.78 is 79.8. The molecule has 0 N–H and O–H groups in total. The van der Waals surface area contributed by atoms with Gasteiger partial charge in [0.05, 0.1) is 11.6 Å². The van der Waals surface area contributed by atoms with Crippen molar-refractivity contribution in [2.24, 2.45) is 17.8 Å². The Hall–Kier alpha value is -2.24. The summed E-state index contributed by atoms with van der Waals surface area (Å²) in [6, 6.07) is 9.24. The molecule has 0 bridgehead atoms. The van der Waals surface area contributed by atoms with Gasteiger partial charge in [0, 0.05) is 0 Å². The molecule has 38 heavy (non-hydrogen) atoms. The van der Waals surface area contributed by atoms with Crippen LogP contribution in [0.25, 0.3) is 17.0 Å². The highest BCUT2D eigenvalue weighted by Gasteiger charge is 2.31. The molecule has 2 aliphatic carbocycles. The van der Waals surface area contributed by atoms with Gasteiger partial charge < -0.3 is 0 Å². The third-order valence-electron chi connectivity index (χ3n) is 8.83. The largest absolute Gasteiger partial charge is 0.412 e. The number of rotatable bonds is 8.